The molecule has 1 N–H and O–H groups in total. The van der Waals surface area contributed by atoms with E-state index in [0.29, 0.717) is 0 Å². The summed E-state index contributed by atoms with van der Waals surface area (Å²) < 4.78 is 0. The molecule has 0 atom stereocenters. The van der Waals surface area contributed by atoms with Gasteiger partial charge in [0.05, 0.1) is 0 Å². The van der Waals surface area contributed by atoms with E-state index in [0.717, 1.165) is 18.4 Å². The molecular weight excluding hydrogens is 250 g/mol. The first-order valence-corrected chi connectivity index (χ1v) is 6.86. The van der Waals surface area contributed by atoms with E-state index in [4.69, 9.17) is 0 Å². The number of unbranched alkanes of at least 4 members (excludes halogenated alkanes) is 3. The summed E-state index contributed by atoms with van der Waals surface area (Å²) in [5.74, 6) is 0. The van der Waals surface area contributed by atoms with Crippen LogP contribution in [0.3, 0.4) is 0 Å². The highest BCUT2D eigenvalue weighted by Gasteiger charge is 1.91. The van der Waals surface area contributed by atoms with Gasteiger partial charge in [-0.15, -0.1) is 0 Å². The normalized spacial score (nSPS) is 10.5. The molecule has 0 aliphatic carbocycles. The van der Waals surface area contributed by atoms with Gasteiger partial charge in [-0.3, -0.25) is 0 Å². The third-order valence-electron chi connectivity index (χ3n) is 2.41. The number of nitrogens with one attached hydrogen (secondary N) is 1. The second-order valence-corrected chi connectivity index (χ2v) is 4.56. The Balaban J connectivity index is 1.93. The summed E-state index contributed by atoms with van der Waals surface area (Å²) in [5, 5.41) is 4.61. The van der Waals surface area contributed by atoms with E-state index >= 15 is 0 Å². The van der Waals surface area contributed by atoms with Crippen molar-refractivity contribution in [2.75, 3.05) is 11.9 Å². The van der Waals surface area contributed by atoms with Crippen molar-refractivity contribution < 1.29 is 0 Å². The van der Waals surface area contributed by atoms with Crippen molar-refractivity contribution in [1.82, 2.24) is 5.32 Å². The van der Waals surface area contributed by atoms with E-state index in [9.17, 15) is 0 Å². The smallest absolute Gasteiger partial charge is 0.0205 e. The Bertz CT molecular complexity index is 236. The van der Waals surface area contributed by atoms with E-state index in [1.54, 1.807) is 0 Å². The molecule has 1 nitrogen and oxygen atoms in total. The first-order chi connectivity index (χ1) is 7.43. The summed E-state index contributed by atoms with van der Waals surface area (Å²) in [4.78, 5) is 0. The number of hydrogen-bond donors (Lipinski definition) is 1. The van der Waals surface area contributed by atoms with Crippen LogP contribution in [0.5, 0.6) is 0 Å². The van der Waals surface area contributed by atoms with Gasteiger partial charge in [0.2, 0.25) is 0 Å². The van der Waals surface area contributed by atoms with Crippen molar-refractivity contribution >= 4 is 15.9 Å². The van der Waals surface area contributed by atoms with E-state index in [1.807, 2.05) is 0 Å². The molecule has 0 radical (unpaired) electrons. The van der Waals surface area contributed by atoms with E-state index in [-0.39, 0.29) is 0 Å². The Kier molecular flexibility index (Phi) is 7.58. The third kappa shape index (κ3) is 6.69. The molecule has 0 spiro atoms. The predicted octanol–water partition coefficient (Wildman–Crippen LogP) is 3.73. The van der Waals surface area contributed by atoms with Gasteiger partial charge in [-0.1, -0.05) is 59.1 Å². The van der Waals surface area contributed by atoms with Gasteiger partial charge in [0, 0.05) is 11.9 Å². The van der Waals surface area contributed by atoms with E-state index < -0.39 is 0 Å². The van der Waals surface area contributed by atoms with Crippen LogP contribution in [0.15, 0.2) is 30.3 Å². The average molecular weight is 270 g/mol. The SMILES string of the molecule is BrCCCCCCNCc1ccccc1. The summed E-state index contributed by atoms with van der Waals surface area (Å²) in [6.45, 7) is 2.14. The highest BCUT2D eigenvalue weighted by molar-refractivity contribution is 9.09. The number of benzene rings is 1. The van der Waals surface area contributed by atoms with Crippen molar-refractivity contribution in [2.24, 2.45) is 0 Å². The highest BCUT2D eigenvalue weighted by Crippen LogP contribution is 2.01. The lowest BCUT2D eigenvalue weighted by atomic mass is 10.2. The van der Waals surface area contributed by atoms with Crippen molar-refractivity contribution in [1.29, 1.82) is 0 Å². The molecule has 0 saturated carbocycles. The molecule has 0 amide bonds. The zero-order chi connectivity index (χ0) is 10.8. The topological polar surface area (TPSA) is 12.0 Å². The van der Waals surface area contributed by atoms with E-state index in [2.05, 4.69) is 51.6 Å². The lowest BCUT2D eigenvalue weighted by Gasteiger charge is -2.04. The van der Waals surface area contributed by atoms with Gasteiger partial charge in [-0.2, -0.15) is 0 Å². The quantitative estimate of drug-likeness (QED) is 0.560. The zero-order valence-electron chi connectivity index (χ0n) is 9.21. The summed E-state index contributed by atoms with van der Waals surface area (Å²) in [5.41, 5.74) is 1.37. The summed E-state index contributed by atoms with van der Waals surface area (Å²) in [6.07, 6.45) is 5.28. The lowest BCUT2D eigenvalue weighted by Crippen LogP contribution is -2.14. The molecule has 0 bridgehead atoms. The Morgan fingerprint density at radius 1 is 0.933 bits per heavy atom. The maximum Gasteiger partial charge on any atom is 0.0205 e. The van der Waals surface area contributed by atoms with Crippen LogP contribution in [0, 0.1) is 0 Å². The molecule has 0 aliphatic rings. The fourth-order valence-corrected chi connectivity index (χ4v) is 1.92. The van der Waals surface area contributed by atoms with Crippen molar-refractivity contribution in [3.05, 3.63) is 35.9 Å². The van der Waals surface area contributed by atoms with Gasteiger partial charge in [0.15, 0.2) is 0 Å². The molecule has 0 saturated heterocycles. The van der Waals surface area contributed by atoms with Crippen LogP contribution in [0.2, 0.25) is 0 Å². The van der Waals surface area contributed by atoms with Crippen LogP contribution in [0.25, 0.3) is 0 Å². The standard InChI is InChI=1S/C13H20BrN/c14-10-6-1-2-7-11-15-12-13-8-4-3-5-9-13/h3-5,8-9,15H,1-2,6-7,10-12H2. The minimum Gasteiger partial charge on any atom is -0.313 e. The fraction of sp³-hybridized carbons (Fsp3) is 0.538. The Hall–Kier alpha value is -0.340. The first-order valence-electron chi connectivity index (χ1n) is 5.74. The second-order valence-electron chi connectivity index (χ2n) is 3.77. The molecule has 1 aromatic carbocycles. The Morgan fingerprint density at radius 2 is 1.67 bits per heavy atom. The summed E-state index contributed by atoms with van der Waals surface area (Å²) in [6, 6.07) is 10.6. The Labute approximate surface area is 101 Å². The summed E-state index contributed by atoms with van der Waals surface area (Å²) >= 11 is 3.45. The average Bonchev–Trinajstić information content (AvgIpc) is 2.29. The van der Waals surface area contributed by atoms with Gasteiger partial charge < -0.3 is 5.32 Å². The molecule has 1 rings (SSSR count). The second kappa shape index (κ2) is 8.93. The van der Waals surface area contributed by atoms with Gasteiger partial charge in [0.25, 0.3) is 0 Å². The molecule has 84 valence electrons. The van der Waals surface area contributed by atoms with Crippen LogP contribution < -0.4 is 5.32 Å². The zero-order valence-corrected chi connectivity index (χ0v) is 10.8. The largest absolute Gasteiger partial charge is 0.313 e. The number of hydrogen-bond acceptors (Lipinski definition) is 1. The number of alkyl halides is 1. The third-order valence-corrected chi connectivity index (χ3v) is 2.97. The van der Waals surface area contributed by atoms with Crippen LogP contribution in [-0.2, 0) is 6.54 Å². The fourth-order valence-electron chi connectivity index (χ4n) is 1.53. The molecule has 15 heavy (non-hydrogen) atoms. The molecule has 0 aliphatic heterocycles. The van der Waals surface area contributed by atoms with E-state index in [1.165, 1.54) is 31.2 Å². The lowest BCUT2D eigenvalue weighted by molar-refractivity contribution is 0.600. The Morgan fingerprint density at radius 3 is 2.40 bits per heavy atom. The number of rotatable bonds is 8. The molecular formula is C13H20BrN. The van der Waals surface area contributed by atoms with Crippen LogP contribution in [-0.4, -0.2) is 11.9 Å². The van der Waals surface area contributed by atoms with Crippen molar-refractivity contribution in [3.8, 4) is 0 Å². The van der Waals surface area contributed by atoms with Crippen LogP contribution >= 0.6 is 15.9 Å². The van der Waals surface area contributed by atoms with Crippen LogP contribution in [0.4, 0.5) is 0 Å². The summed E-state index contributed by atoms with van der Waals surface area (Å²) in [7, 11) is 0. The van der Waals surface area contributed by atoms with Crippen molar-refractivity contribution in [3.63, 3.8) is 0 Å². The van der Waals surface area contributed by atoms with Gasteiger partial charge in [-0.25, -0.2) is 0 Å². The monoisotopic (exact) mass is 269 g/mol. The minimum atomic E-state index is 0.999. The van der Waals surface area contributed by atoms with Gasteiger partial charge in [-0.05, 0) is 24.9 Å². The molecule has 0 fully saturated rings. The minimum absolute atomic E-state index is 0.999. The highest BCUT2D eigenvalue weighted by atomic mass is 79.9. The number of halogens is 1. The predicted molar refractivity (Wildman–Crippen MR) is 70.4 cm³/mol. The molecule has 0 aromatic heterocycles. The molecule has 2 heteroatoms. The maximum atomic E-state index is 3.47. The molecule has 0 heterocycles. The maximum absolute atomic E-state index is 3.47. The van der Waals surface area contributed by atoms with Gasteiger partial charge >= 0.3 is 0 Å². The van der Waals surface area contributed by atoms with Crippen LogP contribution in [0.1, 0.15) is 31.2 Å². The first kappa shape index (κ1) is 12.7. The van der Waals surface area contributed by atoms with Gasteiger partial charge in [0.1, 0.15) is 0 Å². The van der Waals surface area contributed by atoms with Crippen molar-refractivity contribution in [2.45, 2.75) is 32.2 Å². The molecule has 1 aromatic rings. The molecule has 0 unspecified atom stereocenters.